The van der Waals surface area contributed by atoms with E-state index in [9.17, 15) is 5.11 Å². The number of rotatable bonds is 1. The van der Waals surface area contributed by atoms with E-state index in [1.165, 1.54) is 7.11 Å². The molecule has 0 radical (unpaired) electrons. The van der Waals surface area contributed by atoms with Crippen molar-refractivity contribution in [3.05, 3.63) is 30.0 Å². The van der Waals surface area contributed by atoms with Gasteiger partial charge in [-0.1, -0.05) is 0 Å². The second-order valence-electron chi connectivity index (χ2n) is 3.03. The van der Waals surface area contributed by atoms with Gasteiger partial charge in [-0.25, -0.2) is 4.98 Å². The molecule has 2 aromatic rings. The second kappa shape index (κ2) is 3.46. The summed E-state index contributed by atoms with van der Waals surface area (Å²) >= 11 is 0. The van der Waals surface area contributed by atoms with Crippen LogP contribution in [0.2, 0.25) is 0 Å². The molecule has 0 saturated carbocycles. The fourth-order valence-corrected chi connectivity index (χ4v) is 1.43. The van der Waals surface area contributed by atoms with Gasteiger partial charge in [0.2, 0.25) is 5.88 Å². The average molecular weight is 200 g/mol. The van der Waals surface area contributed by atoms with Crippen LogP contribution in [-0.4, -0.2) is 17.2 Å². The number of phenols is 1. The lowest BCUT2D eigenvalue weighted by Gasteiger charge is -2.04. The standard InChI is InChI=1S/C11H8N2O2/c1-15-11-10-3-2-9(14)5-7(10)4-8(6-12)13-11/h2-5,14H,1H3. The molecule has 1 heterocycles. The van der Waals surface area contributed by atoms with Gasteiger partial charge in [0.25, 0.3) is 0 Å². The summed E-state index contributed by atoms with van der Waals surface area (Å²) < 4.78 is 5.07. The van der Waals surface area contributed by atoms with Gasteiger partial charge in [0.05, 0.1) is 7.11 Å². The maximum Gasteiger partial charge on any atom is 0.222 e. The molecule has 0 bridgehead atoms. The number of aromatic hydroxyl groups is 1. The van der Waals surface area contributed by atoms with Gasteiger partial charge in [-0.05, 0) is 29.7 Å². The van der Waals surface area contributed by atoms with Gasteiger partial charge < -0.3 is 9.84 Å². The number of aromatic nitrogens is 1. The van der Waals surface area contributed by atoms with E-state index in [1.54, 1.807) is 24.3 Å². The number of phenolic OH excluding ortho intramolecular Hbond substituents is 1. The summed E-state index contributed by atoms with van der Waals surface area (Å²) in [5, 5.41) is 19.6. The lowest BCUT2D eigenvalue weighted by molar-refractivity contribution is 0.403. The molecule has 0 unspecified atom stereocenters. The molecule has 1 aromatic heterocycles. The van der Waals surface area contributed by atoms with E-state index < -0.39 is 0 Å². The topological polar surface area (TPSA) is 66.1 Å². The first kappa shape index (κ1) is 9.28. The van der Waals surface area contributed by atoms with Crippen molar-refractivity contribution in [2.45, 2.75) is 0 Å². The Morgan fingerprint density at radius 1 is 1.40 bits per heavy atom. The van der Waals surface area contributed by atoms with Crippen LogP contribution >= 0.6 is 0 Å². The Bertz CT molecular complexity index is 558. The van der Waals surface area contributed by atoms with E-state index in [2.05, 4.69) is 4.98 Å². The number of fused-ring (bicyclic) bond motifs is 1. The molecule has 0 amide bonds. The minimum absolute atomic E-state index is 0.152. The predicted molar refractivity (Wildman–Crippen MR) is 54.7 cm³/mol. The molecule has 0 spiro atoms. The number of ether oxygens (including phenoxy) is 1. The van der Waals surface area contributed by atoms with Gasteiger partial charge in [0.1, 0.15) is 17.5 Å². The summed E-state index contributed by atoms with van der Waals surface area (Å²) in [6, 6.07) is 8.38. The van der Waals surface area contributed by atoms with Crippen molar-refractivity contribution in [2.75, 3.05) is 7.11 Å². The number of benzene rings is 1. The first-order valence-corrected chi connectivity index (χ1v) is 4.32. The molecular weight excluding hydrogens is 192 g/mol. The molecular formula is C11H8N2O2. The van der Waals surface area contributed by atoms with Gasteiger partial charge in [-0.2, -0.15) is 5.26 Å². The Hall–Kier alpha value is -2.28. The highest BCUT2D eigenvalue weighted by Crippen LogP contribution is 2.27. The summed E-state index contributed by atoms with van der Waals surface area (Å²) in [6.45, 7) is 0. The molecule has 0 atom stereocenters. The van der Waals surface area contributed by atoms with Crippen LogP contribution in [0.5, 0.6) is 11.6 Å². The molecule has 0 fully saturated rings. The number of hydrogen-bond acceptors (Lipinski definition) is 4. The minimum Gasteiger partial charge on any atom is -0.508 e. The van der Waals surface area contributed by atoms with E-state index in [4.69, 9.17) is 10.00 Å². The molecule has 0 aliphatic heterocycles. The normalized spacial score (nSPS) is 9.87. The molecule has 4 nitrogen and oxygen atoms in total. The summed E-state index contributed by atoms with van der Waals surface area (Å²) in [7, 11) is 1.50. The highest BCUT2D eigenvalue weighted by atomic mass is 16.5. The molecule has 4 heteroatoms. The van der Waals surface area contributed by atoms with E-state index in [0.717, 1.165) is 10.8 Å². The molecule has 1 N–H and O–H groups in total. The quantitative estimate of drug-likeness (QED) is 0.762. The van der Waals surface area contributed by atoms with Crippen LogP contribution < -0.4 is 4.74 Å². The summed E-state index contributed by atoms with van der Waals surface area (Å²) in [5.41, 5.74) is 0.268. The third-order valence-electron chi connectivity index (χ3n) is 2.09. The highest BCUT2D eigenvalue weighted by molar-refractivity contribution is 5.88. The Labute approximate surface area is 86.4 Å². The van der Waals surface area contributed by atoms with E-state index in [1.807, 2.05) is 6.07 Å². The van der Waals surface area contributed by atoms with Crippen LogP contribution in [0.1, 0.15) is 5.69 Å². The number of nitrogens with zero attached hydrogens (tertiary/aromatic N) is 2. The predicted octanol–water partition coefficient (Wildman–Crippen LogP) is 1.82. The fraction of sp³-hybridized carbons (Fsp3) is 0.0909. The van der Waals surface area contributed by atoms with Crippen LogP contribution in [0.4, 0.5) is 0 Å². The Kier molecular flexibility index (Phi) is 2.14. The van der Waals surface area contributed by atoms with Crippen LogP contribution in [0.25, 0.3) is 10.8 Å². The maximum atomic E-state index is 9.31. The first-order valence-electron chi connectivity index (χ1n) is 4.32. The molecule has 0 aliphatic rings. The largest absolute Gasteiger partial charge is 0.508 e. The third-order valence-corrected chi connectivity index (χ3v) is 2.09. The van der Waals surface area contributed by atoms with E-state index in [-0.39, 0.29) is 11.4 Å². The molecule has 2 rings (SSSR count). The fourth-order valence-electron chi connectivity index (χ4n) is 1.43. The Balaban J connectivity index is 2.82. The second-order valence-corrected chi connectivity index (χ2v) is 3.03. The SMILES string of the molecule is COc1nc(C#N)cc2cc(O)ccc12. The van der Waals surface area contributed by atoms with Crippen molar-refractivity contribution in [1.82, 2.24) is 4.98 Å². The van der Waals surface area contributed by atoms with Gasteiger partial charge in [-0.15, -0.1) is 0 Å². The number of pyridine rings is 1. The third kappa shape index (κ3) is 1.55. The van der Waals surface area contributed by atoms with Crippen LogP contribution in [0.3, 0.4) is 0 Å². The van der Waals surface area contributed by atoms with Gasteiger partial charge >= 0.3 is 0 Å². The van der Waals surface area contributed by atoms with Gasteiger partial charge in [0.15, 0.2) is 0 Å². The van der Waals surface area contributed by atoms with Crippen LogP contribution in [0, 0.1) is 11.3 Å². The molecule has 0 aliphatic carbocycles. The highest BCUT2D eigenvalue weighted by Gasteiger charge is 2.06. The number of methoxy groups -OCH3 is 1. The lowest BCUT2D eigenvalue weighted by atomic mass is 10.1. The van der Waals surface area contributed by atoms with Crippen LogP contribution in [-0.2, 0) is 0 Å². The van der Waals surface area contributed by atoms with Crippen LogP contribution in [0.15, 0.2) is 24.3 Å². The summed E-state index contributed by atoms with van der Waals surface area (Å²) in [4.78, 5) is 4.00. The minimum atomic E-state index is 0.152. The first-order chi connectivity index (χ1) is 7.24. The summed E-state index contributed by atoms with van der Waals surface area (Å²) in [5.74, 6) is 0.545. The van der Waals surface area contributed by atoms with Crippen molar-refractivity contribution in [2.24, 2.45) is 0 Å². The average Bonchev–Trinajstić information content (AvgIpc) is 2.26. The summed E-state index contributed by atoms with van der Waals surface area (Å²) in [6.07, 6.45) is 0. The number of nitriles is 1. The van der Waals surface area contributed by atoms with E-state index in [0.29, 0.717) is 5.88 Å². The van der Waals surface area contributed by atoms with Crippen molar-refractivity contribution in [3.8, 4) is 17.7 Å². The number of hydrogen-bond donors (Lipinski definition) is 1. The molecule has 0 saturated heterocycles. The van der Waals surface area contributed by atoms with Crippen molar-refractivity contribution >= 4 is 10.8 Å². The zero-order valence-corrected chi connectivity index (χ0v) is 8.06. The smallest absolute Gasteiger partial charge is 0.222 e. The molecule has 74 valence electrons. The van der Waals surface area contributed by atoms with Gasteiger partial charge in [0, 0.05) is 5.39 Å². The zero-order chi connectivity index (χ0) is 10.8. The van der Waals surface area contributed by atoms with E-state index >= 15 is 0 Å². The van der Waals surface area contributed by atoms with Gasteiger partial charge in [-0.3, -0.25) is 0 Å². The molecule has 15 heavy (non-hydrogen) atoms. The Morgan fingerprint density at radius 3 is 2.87 bits per heavy atom. The van der Waals surface area contributed by atoms with Crippen molar-refractivity contribution in [3.63, 3.8) is 0 Å². The monoisotopic (exact) mass is 200 g/mol. The lowest BCUT2D eigenvalue weighted by Crippen LogP contribution is -1.92. The molecule has 1 aromatic carbocycles. The zero-order valence-electron chi connectivity index (χ0n) is 8.06. The maximum absolute atomic E-state index is 9.31. The Morgan fingerprint density at radius 2 is 2.20 bits per heavy atom. The van der Waals surface area contributed by atoms with Crippen molar-refractivity contribution in [1.29, 1.82) is 5.26 Å². The van der Waals surface area contributed by atoms with Crippen molar-refractivity contribution < 1.29 is 9.84 Å².